The maximum absolute atomic E-state index is 12.6. The summed E-state index contributed by atoms with van der Waals surface area (Å²) in [6.45, 7) is 1.34. The number of Topliss-reactive ketones (excluding diaryl/α,β-unsaturated/α-hetero) is 1. The van der Waals surface area contributed by atoms with Crippen LogP contribution in [0, 0.1) is 0 Å². The first-order valence-electron chi connectivity index (χ1n) is 9.57. The molecule has 2 aromatic rings. The van der Waals surface area contributed by atoms with E-state index >= 15 is 0 Å². The van der Waals surface area contributed by atoms with E-state index < -0.39 is 24.2 Å². The number of ketones is 1. The Labute approximate surface area is 178 Å². The van der Waals surface area contributed by atoms with Crippen LogP contribution in [0.3, 0.4) is 0 Å². The van der Waals surface area contributed by atoms with E-state index in [2.05, 4.69) is 15.3 Å². The van der Waals surface area contributed by atoms with Crippen LogP contribution in [0.25, 0.3) is 0 Å². The molecule has 2 heterocycles. The second-order valence-corrected chi connectivity index (χ2v) is 8.07. The molecule has 1 saturated heterocycles. The Kier molecular flexibility index (Phi) is 7.92. The molecule has 30 heavy (non-hydrogen) atoms. The van der Waals surface area contributed by atoms with Gasteiger partial charge in [-0.3, -0.25) is 24.4 Å². The molecule has 1 amide bonds. The van der Waals surface area contributed by atoms with Crippen LogP contribution in [0.1, 0.15) is 29.4 Å². The molecule has 3 atom stereocenters. The highest BCUT2D eigenvalue weighted by Crippen LogP contribution is 2.28. The smallest absolute Gasteiger partial charge is 0.302 e. The number of benzene rings is 1. The van der Waals surface area contributed by atoms with Crippen molar-refractivity contribution in [2.24, 2.45) is 0 Å². The van der Waals surface area contributed by atoms with Gasteiger partial charge in [-0.2, -0.15) is 11.8 Å². The van der Waals surface area contributed by atoms with Gasteiger partial charge in [-0.25, -0.2) is 0 Å². The van der Waals surface area contributed by atoms with Gasteiger partial charge in [0.2, 0.25) is 0 Å². The Morgan fingerprint density at radius 2 is 2.07 bits per heavy atom. The summed E-state index contributed by atoms with van der Waals surface area (Å²) in [4.78, 5) is 44.5. The Morgan fingerprint density at radius 3 is 2.77 bits per heavy atom. The summed E-state index contributed by atoms with van der Waals surface area (Å²) in [5, 5.41) is 2.43. The lowest BCUT2D eigenvalue weighted by molar-refractivity contribution is -0.156. The van der Waals surface area contributed by atoms with Crippen LogP contribution in [-0.2, 0) is 25.5 Å². The molecule has 1 aromatic heterocycles. The minimum absolute atomic E-state index is 0.0170. The predicted molar refractivity (Wildman–Crippen MR) is 111 cm³/mol. The third kappa shape index (κ3) is 6.36. The molecule has 0 bridgehead atoms. The minimum atomic E-state index is -1.07. The largest absolute Gasteiger partial charge is 0.463 e. The van der Waals surface area contributed by atoms with Crippen molar-refractivity contribution < 1.29 is 23.9 Å². The number of esters is 1. The summed E-state index contributed by atoms with van der Waals surface area (Å²) in [6.07, 6.45) is 4.26. The molecule has 1 N–H and O–H groups in total. The lowest BCUT2D eigenvalue weighted by Gasteiger charge is -2.35. The van der Waals surface area contributed by atoms with E-state index in [1.807, 2.05) is 0 Å². The monoisotopic (exact) mass is 429 g/mol. The second-order valence-electron chi connectivity index (χ2n) is 6.72. The topological polar surface area (TPSA) is 107 Å². The van der Waals surface area contributed by atoms with Crippen molar-refractivity contribution in [1.29, 1.82) is 0 Å². The molecule has 1 aliphatic rings. The third-order valence-corrected chi connectivity index (χ3v) is 5.81. The number of rotatable bonds is 8. The molecule has 1 aliphatic heterocycles. The quantitative estimate of drug-likeness (QED) is 0.633. The van der Waals surface area contributed by atoms with Gasteiger partial charge in [0.25, 0.3) is 5.91 Å². The van der Waals surface area contributed by atoms with Gasteiger partial charge in [0.05, 0.1) is 5.69 Å². The molecular weight excluding hydrogens is 406 g/mol. The number of carbonyl (C=O) groups excluding carboxylic acids is 3. The lowest BCUT2D eigenvalue weighted by Crippen LogP contribution is -2.53. The summed E-state index contributed by atoms with van der Waals surface area (Å²) in [7, 11) is 0. The molecule has 0 aliphatic carbocycles. The zero-order chi connectivity index (χ0) is 21.3. The third-order valence-electron chi connectivity index (χ3n) is 4.48. The van der Waals surface area contributed by atoms with Gasteiger partial charge < -0.3 is 14.8 Å². The molecule has 3 rings (SSSR count). The average Bonchev–Trinajstić information content (AvgIpc) is 2.75. The van der Waals surface area contributed by atoms with Gasteiger partial charge in [0, 0.05) is 49.2 Å². The highest BCUT2D eigenvalue weighted by Gasteiger charge is 2.38. The van der Waals surface area contributed by atoms with Gasteiger partial charge in [0.1, 0.15) is 12.7 Å². The highest BCUT2D eigenvalue weighted by atomic mass is 32.2. The van der Waals surface area contributed by atoms with Crippen LogP contribution < -0.4 is 5.32 Å². The predicted octanol–water partition coefficient (Wildman–Crippen LogP) is 1.80. The molecule has 158 valence electrons. The fourth-order valence-corrected chi connectivity index (χ4v) is 4.24. The van der Waals surface area contributed by atoms with Crippen molar-refractivity contribution in [3.63, 3.8) is 0 Å². The fraction of sp³-hybridized carbons (Fsp3) is 0.381. The van der Waals surface area contributed by atoms with Crippen LogP contribution >= 0.6 is 11.8 Å². The zero-order valence-corrected chi connectivity index (χ0v) is 17.3. The van der Waals surface area contributed by atoms with Gasteiger partial charge in [-0.1, -0.05) is 18.2 Å². The molecule has 0 radical (unpaired) electrons. The van der Waals surface area contributed by atoms with Crippen LogP contribution in [0.15, 0.2) is 48.9 Å². The number of nitrogens with one attached hydrogen (secondary N) is 1. The van der Waals surface area contributed by atoms with Crippen molar-refractivity contribution in [2.45, 2.75) is 37.3 Å². The Morgan fingerprint density at radius 1 is 1.27 bits per heavy atom. The number of ether oxygens (including phenoxy) is 2. The number of nitrogens with zero attached hydrogens (tertiary/aromatic N) is 2. The van der Waals surface area contributed by atoms with Crippen molar-refractivity contribution in [3.05, 3.63) is 60.2 Å². The molecule has 0 spiro atoms. The summed E-state index contributed by atoms with van der Waals surface area (Å²) >= 11 is 1.56. The van der Waals surface area contributed by atoms with Gasteiger partial charge in [-0.05, 0) is 17.9 Å². The Bertz CT molecular complexity index is 865. The van der Waals surface area contributed by atoms with Crippen LogP contribution in [0.2, 0.25) is 0 Å². The standard InChI is InChI=1S/C21H23N3O5S/c1-14(25)28-13-18-19(30-10-7-16-12-22-8-9-23-16)11-17(26)21(29-18)24-20(27)15-5-3-2-4-6-15/h2-6,8-9,12,18-19,21H,7,10-11,13H2,1H3,(H,24,27)/t18-,19?,21-/m1/s1. The van der Waals surface area contributed by atoms with Crippen molar-refractivity contribution in [2.75, 3.05) is 12.4 Å². The summed E-state index contributed by atoms with van der Waals surface area (Å²) < 4.78 is 11.0. The van der Waals surface area contributed by atoms with E-state index in [-0.39, 0.29) is 24.1 Å². The number of hydrogen-bond donors (Lipinski definition) is 1. The first-order valence-corrected chi connectivity index (χ1v) is 10.6. The molecule has 1 aromatic carbocycles. The highest BCUT2D eigenvalue weighted by molar-refractivity contribution is 8.00. The van der Waals surface area contributed by atoms with E-state index in [0.29, 0.717) is 17.7 Å². The Balaban J connectivity index is 1.60. The molecule has 9 heteroatoms. The van der Waals surface area contributed by atoms with Gasteiger partial charge in [0.15, 0.2) is 12.0 Å². The molecule has 0 saturated carbocycles. The zero-order valence-electron chi connectivity index (χ0n) is 16.5. The summed E-state index contributed by atoms with van der Waals surface area (Å²) in [5.41, 5.74) is 1.29. The first-order chi connectivity index (χ1) is 14.5. The number of aryl methyl sites for hydroxylation is 1. The van der Waals surface area contributed by atoms with Crippen LogP contribution in [0.5, 0.6) is 0 Å². The SMILES string of the molecule is CC(=O)OC[C@H]1O[C@@H](NC(=O)c2ccccc2)C(=O)CC1SCCc1cnccn1. The van der Waals surface area contributed by atoms with E-state index in [4.69, 9.17) is 9.47 Å². The maximum atomic E-state index is 12.6. The van der Waals surface area contributed by atoms with Crippen molar-refractivity contribution in [1.82, 2.24) is 15.3 Å². The number of carbonyl (C=O) groups is 3. The van der Waals surface area contributed by atoms with E-state index in [1.165, 1.54) is 6.92 Å². The van der Waals surface area contributed by atoms with E-state index in [1.54, 1.807) is 60.7 Å². The second kappa shape index (κ2) is 10.8. The first kappa shape index (κ1) is 21.9. The molecule has 1 fully saturated rings. The lowest BCUT2D eigenvalue weighted by atomic mass is 10.1. The van der Waals surface area contributed by atoms with Gasteiger partial charge >= 0.3 is 5.97 Å². The normalized spacial score (nSPS) is 21.1. The summed E-state index contributed by atoms with van der Waals surface area (Å²) in [6, 6.07) is 8.60. The maximum Gasteiger partial charge on any atom is 0.302 e. The fourth-order valence-electron chi connectivity index (χ4n) is 2.97. The van der Waals surface area contributed by atoms with Gasteiger partial charge in [-0.15, -0.1) is 0 Å². The van der Waals surface area contributed by atoms with Crippen LogP contribution in [-0.4, -0.2) is 57.6 Å². The van der Waals surface area contributed by atoms with Crippen molar-refractivity contribution in [3.8, 4) is 0 Å². The molecule has 8 nitrogen and oxygen atoms in total. The van der Waals surface area contributed by atoms with Crippen molar-refractivity contribution >= 4 is 29.4 Å². The van der Waals surface area contributed by atoms with E-state index in [9.17, 15) is 14.4 Å². The number of hydrogen-bond acceptors (Lipinski definition) is 8. The Hall–Kier alpha value is -2.78. The average molecular weight is 429 g/mol. The summed E-state index contributed by atoms with van der Waals surface area (Å²) in [5.74, 6) is -0.328. The molecular formula is C21H23N3O5S. The minimum Gasteiger partial charge on any atom is -0.463 e. The van der Waals surface area contributed by atoms with Crippen LogP contribution in [0.4, 0.5) is 0 Å². The number of thioether (sulfide) groups is 1. The molecule has 1 unspecified atom stereocenters. The number of aromatic nitrogens is 2. The number of amides is 1. The van der Waals surface area contributed by atoms with E-state index in [0.717, 1.165) is 5.69 Å².